The second-order valence-corrected chi connectivity index (χ2v) is 11.8. The maximum atomic E-state index is 2.56. The number of fused-ring (bicyclic) bond motifs is 1. The second-order valence-electron chi connectivity index (χ2n) is 11.8. The molecule has 0 N–H and O–H groups in total. The first kappa shape index (κ1) is 21.6. The smallest absolute Gasteiger partial charge is 0.201 e. The summed E-state index contributed by atoms with van der Waals surface area (Å²) < 4.78 is 2.34. The molecule has 5 aliphatic carbocycles. The summed E-state index contributed by atoms with van der Waals surface area (Å²) in [6, 6.07) is 24.2. The monoisotopic (exact) mass is 480 g/mol. The molecule has 1 heterocycles. The third-order valence-electron chi connectivity index (χ3n) is 9.78. The number of aromatic nitrogens is 1. The molecule has 0 saturated heterocycles. The van der Waals surface area contributed by atoms with E-state index in [4.69, 9.17) is 0 Å². The highest BCUT2D eigenvalue weighted by atomic mass is 14.9. The van der Waals surface area contributed by atoms with Crippen molar-refractivity contribution in [3.8, 4) is 11.3 Å². The number of hydrogen-bond acceptors (Lipinski definition) is 0. The largest absolute Gasteiger partial charge is 0.212 e. The van der Waals surface area contributed by atoms with Gasteiger partial charge < -0.3 is 0 Å². The van der Waals surface area contributed by atoms with Gasteiger partial charge in [0.25, 0.3) is 0 Å². The molecule has 1 nitrogen and oxygen atoms in total. The Hall–Kier alpha value is -3.45. The minimum Gasteiger partial charge on any atom is -0.201 e. The fraction of sp³-hybridized carbons (Fsp3) is 0.306. The van der Waals surface area contributed by atoms with Crippen LogP contribution in [0.25, 0.3) is 23.4 Å². The SMILES string of the molecule is Cc1cc2c(cc1-c1cc(C3CCCCC3)cc[n+]1C)C1c3ccccc3C2c2cc3c(cc21)=CCC=3. The zero-order chi connectivity index (χ0) is 24.7. The maximum Gasteiger partial charge on any atom is 0.212 e. The topological polar surface area (TPSA) is 3.88 Å². The molecule has 0 amide bonds. The number of hydrogen-bond donors (Lipinski definition) is 0. The Balaban J connectivity index is 1.33. The standard InChI is InChI=1S/C36H34N/c1-22-17-30-33(21-29(22)34-20-26(15-16-37(34)2)23-9-4-3-5-10-23)36-28-14-7-6-13-27(28)35(30)31-18-24-11-8-12-25(24)19-32(31)36/h6-7,11-21,23,35-36H,3-5,8-10H2,1-2H3/q+1. The summed E-state index contributed by atoms with van der Waals surface area (Å²) in [5.74, 6) is 1.37. The third-order valence-corrected chi connectivity index (χ3v) is 9.78. The van der Waals surface area contributed by atoms with Crippen LogP contribution in [0, 0.1) is 6.92 Å². The van der Waals surface area contributed by atoms with E-state index in [9.17, 15) is 0 Å². The van der Waals surface area contributed by atoms with Crippen molar-refractivity contribution in [3.05, 3.63) is 122 Å². The molecular formula is C36H34N+. The van der Waals surface area contributed by atoms with E-state index in [-0.39, 0.29) is 0 Å². The number of rotatable bonds is 2. The summed E-state index contributed by atoms with van der Waals surface area (Å²) in [6.07, 6.45) is 15.0. The van der Waals surface area contributed by atoms with Gasteiger partial charge in [-0.05, 0) is 93.1 Å². The molecule has 2 atom stereocenters. The van der Waals surface area contributed by atoms with Gasteiger partial charge in [0.15, 0.2) is 6.20 Å². The van der Waals surface area contributed by atoms with E-state index in [2.05, 4.69) is 97.6 Å². The van der Waals surface area contributed by atoms with Crippen molar-refractivity contribution in [2.24, 2.45) is 7.05 Å². The van der Waals surface area contributed by atoms with E-state index in [1.54, 1.807) is 0 Å². The average molecular weight is 481 g/mol. The highest BCUT2D eigenvalue weighted by Gasteiger charge is 2.42. The lowest BCUT2D eigenvalue weighted by Gasteiger charge is -2.42. The maximum absolute atomic E-state index is 2.56. The van der Waals surface area contributed by atoms with Gasteiger partial charge in [-0.2, -0.15) is 0 Å². The van der Waals surface area contributed by atoms with Crippen molar-refractivity contribution in [3.63, 3.8) is 0 Å². The van der Waals surface area contributed by atoms with Gasteiger partial charge in [0.1, 0.15) is 7.05 Å². The van der Waals surface area contributed by atoms with Crippen LogP contribution in [0.15, 0.2) is 66.9 Å². The Bertz CT molecular complexity index is 1720. The average Bonchev–Trinajstić information content (AvgIpc) is 3.39. The fourth-order valence-corrected chi connectivity index (χ4v) is 7.94. The van der Waals surface area contributed by atoms with Crippen molar-refractivity contribution >= 4 is 12.2 Å². The predicted octanol–water partition coefficient (Wildman–Crippen LogP) is 6.49. The first-order valence-corrected chi connectivity index (χ1v) is 14.2. The number of benzene rings is 3. The fourth-order valence-electron chi connectivity index (χ4n) is 7.94. The zero-order valence-corrected chi connectivity index (χ0v) is 21.9. The quantitative estimate of drug-likeness (QED) is 0.250. The van der Waals surface area contributed by atoms with Gasteiger partial charge in [0.05, 0.1) is 0 Å². The Morgan fingerprint density at radius 3 is 1.97 bits per heavy atom. The molecule has 9 rings (SSSR count). The minimum atomic E-state index is 0.316. The van der Waals surface area contributed by atoms with Crippen LogP contribution in [0.1, 0.15) is 101 Å². The lowest BCUT2D eigenvalue weighted by Crippen LogP contribution is -2.34. The molecule has 37 heavy (non-hydrogen) atoms. The minimum absolute atomic E-state index is 0.316. The Morgan fingerprint density at radius 1 is 0.676 bits per heavy atom. The van der Waals surface area contributed by atoms with Gasteiger partial charge in [0.2, 0.25) is 5.69 Å². The van der Waals surface area contributed by atoms with Crippen LogP contribution in [0.4, 0.5) is 0 Å². The second kappa shape index (κ2) is 8.02. The highest BCUT2D eigenvalue weighted by molar-refractivity contribution is 5.74. The number of pyridine rings is 1. The molecule has 2 unspecified atom stereocenters. The molecular weight excluding hydrogens is 446 g/mol. The van der Waals surface area contributed by atoms with E-state index >= 15 is 0 Å². The summed E-state index contributed by atoms with van der Waals surface area (Å²) in [7, 11) is 2.21. The van der Waals surface area contributed by atoms with E-state index in [0.29, 0.717) is 11.8 Å². The third kappa shape index (κ3) is 3.13. The van der Waals surface area contributed by atoms with E-state index in [1.165, 1.54) is 98.3 Å². The van der Waals surface area contributed by atoms with Crippen molar-refractivity contribution in [1.82, 2.24) is 0 Å². The van der Waals surface area contributed by atoms with Gasteiger partial charge in [-0.3, -0.25) is 0 Å². The molecule has 0 aliphatic heterocycles. The van der Waals surface area contributed by atoms with Crippen LogP contribution in [-0.2, 0) is 7.05 Å². The molecule has 182 valence electrons. The van der Waals surface area contributed by atoms with Crippen LogP contribution in [-0.4, -0.2) is 0 Å². The Morgan fingerprint density at radius 2 is 1.30 bits per heavy atom. The summed E-state index contributed by atoms with van der Waals surface area (Å²) in [5, 5.41) is 2.84. The normalized spacial score (nSPS) is 20.9. The lowest BCUT2D eigenvalue weighted by molar-refractivity contribution is -0.660. The van der Waals surface area contributed by atoms with E-state index in [0.717, 1.165) is 12.3 Å². The van der Waals surface area contributed by atoms with Crippen molar-refractivity contribution in [2.75, 3.05) is 0 Å². The summed E-state index contributed by atoms with van der Waals surface area (Å²) in [6.45, 7) is 2.32. The highest BCUT2D eigenvalue weighted by Crippen LogP contribution is 2.56. The summed E-state index contributed by atoms with van der Waals surface area (Å²) in [5.41, 5.74) is 14.8. The summed E-state index contributed by atoms with van der Waals surface area (Å²) in [4.78, 5) is 0. The molecule has 4 aromatic rings. The van der Waals surface area contributed by atoms with Gasteiger partial charge in [-0.1, -0.05) is 73.9 Å². The van der Waals surface area contributed by atoms with Crippen LogP contribution in [0.5, 0.6) is 0 Å². The van der Waals surface area contributed by atoms with Crippen LogP contribution in [0.2, 0.25) is 0 Å². The van der Waals surface area contributed by atoms with Crippen LogP contribution < -0.4 is 15.0 Å². The van der Waals surface area contributed by atoms with E-state index in [1.807, 2.05) is 0 Å². The predicted molar refractivity (Wildman–Crippen MR) is 151 cm³/mol. The molecule has 1 saturated carbocycles. The molecule has 2 bridgehead atoms. The van der Waals surface area contributed by atoms with Gasteiger partial charge in [-0.25, -0.2) is 4.57 Å². The first-order chi connectivity index (χ1) is 18.2. The molecule has 1 aromatic heterocycles. The lowest BCUT2D eigenvalue weighted by atomic mass is 9.60. The van der Waals surface area contributed by atoms with Crippen molar-refractivity contribution in [1.29, 1.82) is 0 Å². The molecule has 5 aliphatic rings. The van der Waals surface area contributed by atoms with Crippen molar-refractivity contribution in [2.45, 2.75) is 63.2 Å². The molecule has 0 spiro atoms. The van der Waals surface area contributed by atoms with Gasteiger partial charge in [-0.15, -0.1) is 0 Å². The van der Waals surface area contributed by atoms with E-state index < -0.39 is 0 Å². The molecule has 1 fully saturated rings. The van der Waals surface area contributed by atoms with Crippen molar-refractivity contribution < 1.29 is 4.57 Å². The van der Waals surface area contributed by atoms with Gasteiger partial charge in [0, 0.05) is 29.5 Å². The molecule has 0 radical (unpaired) electrons. The summed E-state index contributed by atoms with van der Waals surface area (Å²) >= 11 is 0. The van der Waals surface area contributed by atoms with Crippen LogP contribution >= 0.6 is 0 Å². The van der Waals surface area contributed by atoms with Gasteiger partial charge >= 0.3 is 0 Å². The van der Waals surface area contributed by atoms with Crippen LogP contribution in [0.3, 0.4) is 0 Å². The molecule has 3 aromatic carbocycles. The number of nitrogens with zero attached hydrogens (tertiary/aromatic N) is 1. The molecule has 1 heteroatoms. The zero-order valence-electron chi connectivity index (χ0n) is 21.9. The first-order valence-electron chi connectivity index (χ1n) is 14.2. The number of aryl methyl sites for hydroxylation is 2. The Kier molecular flexibility index (Phi) is 4.69. The Labute approximate surface area is 219 Å².